The topological polar surface area (TPSA) is 47.6 Å². The van der Waals surface area contributed by atoms with E-state index < -0.39 is 0 Å². The molecular formula is C19H21NO3. The zero-order chi connectivity index (χ0) is 16.1. The molecule has 1 atom stereocenters. The Balaban J connectivity index is 1.50. The van der Waals surface area contributed by atoms with Crippen LogP contribution in [0.5, 0.6) is 11.5 Å². The number of benzene rings is 2. The van der Waals surface area contributed by atoms with Crippen LogP contribution < -0.4 is 14.8 Å². The number of hydrogen-bond donors (Lipinski definition) is 1. The van der Waals surface area contributed by atoms with Crippen LogP contribution in [0.1, 0.15) is 30.0 Å². The number of fused-ring (bicyclic) bond motifs is 1. The van der Waals surface area contributed by atoms with Crippen molar-refractivity contribution in [3.63, 3.8) is 0 Å². The van der Waals surface area contributed by atoms with Crippen LogP contribution in [0.15, 0.2) is 48.5 Å². The van der Waals surface area contributed by atoms with Crippen molar-refractivity contribution in [2.45, 2.75) is 25.8 Å². The van der Waals surface area contributed by atoms with E-state index in [1.165, 1.54) is 0 Å². The van der Waals surface area contributed by atoms with E-state index in [1.807, 2.05) is 55.5 Å². The fourth-order valence-electron chi connectivity index (χ4n) is 2.73. The van der Waals surface area contributed by atoms with Crippen LogP contribution in [-0.2, 0) is 4.79 Å². The molecule has 1 aliphatic heterocycles. The van der Waals surface area contributed by atoms with Gasteiger partial charge in [-0.2, -0.15) is 0 Å². The second kappa shape index (κ2) is 7.18. The highest BCUT2D eigenvalue weighted by Gasteiger charge is 2.22. The van der Waals surface area contributed by atoms with Gasteiger partial charge >= 0.3 is 0 Å². The monoisotopic (exact) mass is 311 g/mol. The van der Waals surface area contributed by atoms with E-state index in [1.54, 1.807) is 0 Å². The van der Waals surface area contributed by atoms with Crippen LogP contribution in [0.4, 0.5) is 0 Å². The molecule has 4 nitrogen and oxygen atoms in total. The lowest BCUT2D eigenvalue weighted by Crippen LogP contribution is -2.32. The van der Waals surface area contributed by atoms with Gasteiger partial charge in [-0.1, -0.05) is 30.3 Å². The van der Waals surface area contributed by atoms with E-state index in [4.69, 9.17) is 9.47 Å². The third-order valence-corrected chi connectivity index (χ3v) is 3.88. The summed E-state index contributed by atoms with van der Waals surface area (Å²) in [5.74, 6) is 1.66. The predicted octanol–water partition coefficient (Wildman–Crippen LogP) is 3.40. The maximum absolute atomic E-state index is 12.1. The molecule has 0 saturated carbocycles. The van der Waals surface area contributed by atoms with Gasteiger partial charge in [0.05, 0.1) is 25.7 Å². The molecule has 0 saturated heterocycles. The lowest BCUT2D eigenvalue weighted by Gasteiger charge is -2.26. The average Bonchev–Trinajstić information content (AvgIpc) is 2.55. The number of rotatable bonds is 5. The van der Waals surface area contributed by atoms with Crippen molar-refractivity contribution in [3.8, 4) is 11.5 Å². The van der Waals surface area contributed by atoms with Gasteiger partial charge in [-0.05, 0) is 30.7 Å². The van der Waals surface area contributed by atoms with Crippen molar-refractivity contribution in [2.75, 3.05) is 13.2 Å². The molecule has 1 N–H and O–H groups in total. The maximum Gasteiger partial charge on any atom is 0.223 e. The van der Waals surface area contributed by atoms with Crippen molar-refractivity contribution in [1.82, 2.24) is 5.32 Å². The molecule has 1 aliphatic rings. The Hall–Kier alpha value is -2.49. The second-order valence-electron chi connectivity index (χ2n) is 5.71. The number of hydrogen-bond acceptors (Lipinski definition) is 3. The Labute approximate surface area is 136 Å². The van der Waals surface area contributed by atoms with Gasteiger partial charge in [-0.25, -0.2) is 0 Å². The number of ether oxygens (including phenoxy) is 2. The Morgan fingerprint density at radius 1 is 1.26 bits per heavy atom. The SMILES string of the molecule is Cc1cccc(OCCC(=O)N[C@@H]2CCOc3ccccc32)c1. The van der Waals surface area contributed by atoms with Crippen molar-refractivity contribution in [1.29, 1.82) is 0 Å². The van der Waals surface area contributed by atoms with Gasteiger partial charge in [0, 0.05) is 12.0 Å². The Bertz CT molecular complexity index is 684. The summed E-state index contributed by atoms with van der Waals surface area (Å²) in [6, 6.07) is 15.7. The fraction of sp³-hybridized carbons (Fsp3) is 0.316. The maximum atomic E-state index is 12.1. The molecule has 1 amide bonds. The molecule has 0 bridgehead atoms. The molecule has 0 aliphatic carbocycles. The van der Waals surface area contributed by atoms with Crippen molar-refractivity contribution < 1.29 is 14.3 Å². The summed E-state index contributed by atoms with van der Waals surface area (Å²) in [4.78, 5) is 12.1. The second-order valence-corrected chi connectivity index (χ2v) is 5.71. The summed E-state index contributed by atoms with van der Waals surface area (Å²) >= 11 is 0. The molecular weight excluding hydrogens is 290 g/mol. The molecule has 120 valence electrons. The van der Waals surface area contributed by atoms with E-state index in [0.717, 1.165) is 29.0 Å². The summed E-state index contributed by atoms with van der Waals surface area (Å²) in [5, 5.41) is 3.07. The van der Waals surface area contributed by atoms with Gasteiger partial charge in [-0.3, -0.25) is 4.79 Å². The third kappa shape index (κ3) is 4.03. The van der Waals surface area contributed by atoms with Gasteiger partial charge < -0.3 is 14.8 Å². The predicted molar refractivity (Wildman–Crippen MR) is 88.7 cm³/mol. The van der Waals surface area contributed by atoms with Gasteiger partial charge in [0.1, 0.15) is 11.5 Å². The minimum absolute atomic E-state index is 0.000596. The Morgan fingerprint density at radius 2 is 2.13 bits per heavy atom. The van der Waals surface area contributed by atoms with Crippen LogP contribution in [0.25, 0.3) is 0 Å². The van der Waals surface area contributed by atoms with E-state index in [0.29, 0.717) is 19.6 Å². The summed E-state index contributed by atoms with van der Waals surface area (Å²) in [6.07, 6.45) is 1.13. The van der Waals surface area contributed by atoms with Crippen LogP contribution in [0, 0.1) is 6.92 Å². The van der Waals surface area contributed by atoms with E-state index in [2.05, 4.69) is 5.32 Å². The standard InChI is InChI=1S/C19H21NO3/c1-14-5-4-6-15(13-14)22-12-10-19(21)20-17-9-11-23-18-8-3-2-7-16(17)18/h2-8,13,17H,9-12H2,1H3,(H,20,21)/t17-/m1/s1. The first-order chi connectivity index (χ1) is 11.2. The first-order valence-electron chi connectivity index (χ1n) is 7.93. The van der Waals surface area contributed by atoms with Crippen molar-refractivity contribution >= 4 is 5.91 Å². The van der Waals surface area contributed by atoms with Crippen LogP contribution in [0.3, 0.4) is 0 Å². The van der Waals surface area contributed by atoms with Crippen LogP contribution >= 0.6 is 0 Å². The van der Waals surface area contributed by atoms with Gasteiger partial charge in [0.15, 0.2) is 0 Å². The zero-order valence-corrected chi connectivity index (χ0v) is 13.2. The summed E-state index contributed by atoms with van der Waals surface area (Å²) < 4.78 is 11.2. The summed E-state index contributed by atoms with van der Waals surface area (Å²) in [5.41, 5.74) is 2.19. The largest absolute Gasteiger partial charge is 0.493 e. The average molecular weight is 311 g/mol. The number of carbonyl (C=O) groups is 1. The Morgan fingerprint density at radius 3 is 3.00 bits per heavy atom. The van der Waals surface area contributed by atoms with Crippen LogP contribution in [-0.4, -0.2) is 19.1 Å². The minimum atomic E-state index is -0.000596. The highest BCUT2D eigenvalue weighted by molar-refractivity contribution is 5.76. The smallest absolute Gasteiger partial charge is 0.223 e. The quantitative estimate of drug-likeness (QED) is 0.920. The molecule has 2 aromatic rings. The summed E-state index contributed by atoms with van der Waals surface area (Å²) in [6.45, 7) is 3.02. The van der Waals surface area contributed by atoms with E-state index in [9.17, 15) is 4.79 Å². The lowest BCUT2D eigenvalue weighted by atomic mass is 10.0. The van der Waals surface area contributed by atoms with Gasteiger partial charge in [0.2, 0.25) is 5.91 Å². The fourth-order valence-corrected chi connectivity index (χ4v) is 2.73. The van der Waals surface area contributed by atoms with Gasteiger partial charge in [0.25, 0.3) is 0 Å². The lowest BCUT2D eigenvalue weighted by molar-refractivity contribution is -0.122. The third-order valence-electron chi connectivity index (χ3n) is 3.88. The molecule has 1 heterocycles. The van der Waals surface area contributed by atoms with Gasteiger partial charge in [-0.15, -0.1) is 0 Å². The molecule has 23 heavy (non-hydrogen) atoms. The molecule has 0 radical (unpaired) electrons. The molecule has 0 fully saturated rings. The number of aryl methyl sites for hydroxylation is 1. The number of amides is 1. The number of nitrogens with one attached hydrogen (secondary N) is 1. The van der Waals surface area contributed by atoms with E-state index >= 15 is 0 Å². The molecule has 0 unspecified atom stereocenters. The highest BCUT2D eigenvalue weighted by atomic mass is 16.5. The Kier molecular flexibility index (Phi) is 4.81. The van der Waals surface area contributed by atoms with Crippen molar-refractivity contribution in [3.05, 3.63) is 59.7 Å². The van der Waals surface area contributed by atoms with E-state index in [-0.39, 0.29) is 11.9 Å². The number of para-hydroxylation sites is 1. The zero-order valence-electron chi connectivity index (χ0n) is 13.2. The molecule has 3 rings (SSSR count). The molecule has 4 heteroatoms. The molecule has 0 spiro atoms. The first-order valence-corrected chi connectivity index (χ1v) is 7.93. The first kappa shape index (κ1) is 15.4. The van der Waals surface area contributed by atoms with Crippen molar-refractivity contribution in [2.24, 2.45) is 0 Å². The highest BCUT2D eigenvalue weighted by Crippen LogP contribution is 2.31. The normalized spacial score (nSPS) is 16.1. The number of carbonyl (C=O) groups excluding carboxylic acids is 1. The van der Waals surface area contributed by atoms with Crippen LogP contribution in [0.2, 0.25) is 0 Å². The summed E-state index contributed by atoms with van der Waals surface area (Å²) in [7, 11) is 0. The minimum Gasteiger partial charge on any atom is -0.493 e. The molecule has 0 aromatic heterocycles. The molecule has 2 aromatic carbocycles.